The van der Waals surface area contributed by atoms with E-state index >= 15 is 0 Å². The van der Waals surface area contributed by atoms with Gasteiger partial charge in [0.2, 0.25) is 10.0 Å². The van der Waals surface area contributed by atoms with Crippen molar-refractivity contribution in [3.05, 3.63) is 29.6 Å². The molecule has 1 rings (SSSR count). The summed E-state index contributed by atoms with van der Waals surface area (Å²) in [7, 11) is -3.59. The van der Waals surface area contributed by atoms with Crippen molar-refractivity contribution in [2.75, 3.05) is 16.4 Å². The predicted octanol–water partition coefficient (Wildman–Crippen LogP) is 2.28. The Hall–Kier alpha value is -1.34. The third-order valence-electron chi connectivity index (χ3n) is 2.27. The van der Waals surface area contributed by atoms with Gasteiger partial charge in [-0.15, -0.1) is 11.6 Å². The van der Waals surface area contributed by atoms with Crippen molar-refractivity contribution >= 4 is 33.3 Å². The minimum atomic E-state index is -3.59. The van der Waals surface area contributed by atoms with Gasteiger partial charge in [-0.05, 0) is 31.0 Å². The first-order chi connectivity index (χ1) is 8.85. The lowest BCUT2D eigenvalue weighted by Crippen LogP contribution is -2.17. The Morgan fingerprint density at radius 3 is 2.63 bits per heavy atom. The normalized spacial score (nSPS) is 11.3. The van der Waals surface area contributed by atoms with Crippen molar-refractivity contribution < 1.29 is 22.7 Å². The standard InChI is InChI=1S/C11H13ClFNO4S/c12-5-1-2-6-19(17,18)14-8-3-4-10(13)9(7-8)11(15)16/h3-4,7,14H,1-2,5-6H2,(H,15,16). The minimum Gasteiger partial charge on any atom is -0.478 e. The molecule has 0 aliphatic carbocycles. The first kappa shape index (κ1) is 15.7. The Morgan fingerprint density at radius 2 is 2.05 bits per heavy atom. The summed E-state index contributed by atoms with van der Waals surface area (Å²) in [5.74, 6) is -2.13. The molecule has 0 amide bonds. The number of unbranched alkanes of at least 4 members (excludes halogenated alkanes) is 1. The van der Waals surface area contributed by atoms with E-state index in [9.17, 15) is 17.6 Å². The van der Waals surface area contributed by atoms with Crippen LogP contribution in [0.15, 0.2) is 18.2 Å². The number of halogens is 2. The molecule has 2 N–H and O–H groups in total. The highest BCUT2D eigenvalue weighted by Gasteiger charge is 2.14. The average molecular weight is 310 g/mol. The average Bonchev–Trinajstić information content (AvgIpc) is 2.31. The molecule has 0 aliphatic rings. The number of carboxylic acids is 1. The molecule has 1 aromatic carbocycles. The van der Waals surface area contributed by atoms with E-state index in [0.29, 0.717) is 18.7 Å². The smallest absolute Gasteiger partial charge is 0.338 e. The first-order valence-electron chi connectivity index (χ1n) is 5.45. The Morgan fingerprint density at radius 1 is 1.37 bits per heavy atom. The van der Waals surface area contributed by atoms with Gasteiger partial charge in [-0.25, -0.2) is 17.6 Å². The molecular formula is C11H13ClFNO4S. The number of hydrogen-bond donors (Lipinski definition) is 2. The third kappa shape index (κ3) is 5.04. The number of carbonyl (C=O) groups is 1. The van der Waals surface area contributed by atoms with Gasteiger partial charge in [-0.3, -0.25) is 4.72 Å². The Labute approximate surface area is 115 Å². The number of hydrogen-bond acceptors (Lipinski definition) is 3. The number of rotatable bonds is 7. The lowest BCUT2D eigenvalue weighted by molar-refractivity contribution is 0.0692. The van der Waals surface area contributed by atoms with Crippen LogP contribution in [0.4, 0.5) is 10.1 Å². The Bertz CT molecular complexity index is 562. The molecule has 1 aromatic rings. The lowest BCUT2D eigenvalue weighted by Gasteiger charge is -2.08. The van der Waals surface area contributed by atoms with Gasteiger partial charge in [0.15, 0.2) is 0 Å². The molecule has 0 unspecified atom stereocenters. The van der Waals surface area contributed by atoms with Crippen LogP contribution in [0.3, 0.4) is 0 Å². The fourth-order valence-electron chi connectivity index (χ4n) is 1.37. The maximum absolute atomic E-state index is 13.1. The summed E-state index contributed by atoms with van der Waals surface area (Å²) in [6, 6.07) is 3.01. The van der Waals surface area contributed by atoms with E-state index < -0.39 is 27.4 Å². The number of sulfonamides is 1. The van der Waals surface area contributed by atoms with Crippen LogP contribution < -0.4 is 4.72 Å². The van der Waals surface area contributed by atoms with Crippen molar-refractivity contribution in [2.24, 2.45) is 0 Å². The van der Waals surface area contributed by atoms with E-state index in [1.807, 2.05) is 0 Å². The fraction of sp³-hybridized carbons (Fsp3) is 0.364. The van der Waals surface area contributed by atoms with Gasteiger partial charge in [0.05, 0.1) is 11.3 Å². The largest absolute Gasteiger partial charge is 0.478 e. The van der Waals surface area contributed by atoms with Crippen LogP contribution in [0.1, 0.15) is 23.2 Å². The second-order valence-corrected chi connectivity index (χ2v) is 6.04. The molecule has 0 saturated carbocycles. The quantitative estimate of drug-likeness (QED) is 0.598. The van der Waals surface area contributed by atoms with E-state index in [0.717, 1.165) is 12.1 Å². The first-order valence-corrected chi connectivity index (χ1v) is 7.63. The van der Waals surface area contributed by atoms with Crippen LogP contribution >= 0.6 is 11.6 Å². The molecule has 0 radical (unpaired) electrons. The van der Waals surface area contributed by atoms with Crippen LogP contribution in [0.25, 0.3) is 0 Å². The van der Waals surface area contributed by atoms with E-state index in [1.54, 1.807) is 0 Å². The fourth-order valence-corrected chi connectivity index (χ4v) is 2.73. The third-order valence-corrected chi connectivity index (χ3v) is 3.91. The predicted molar refractivity (Wildman–Crippen MR) is 70.7 cm³/mol. The molecule has 19 heavy (non-hydrogen) atoms. The summed E-state index contributed by atoms with van der Waals surface area (Å²) in [6.45, 7) is 0. The molecule has 8 heteroatoms. The molecule has 0 atom stereocenters. The van der Waals surface area contributed by atoms with Gasteiger partial charge in [0.25, 0.3) is 0 Å². The lowest BCUT2D eigenvalue weighted by atomic mass is 10.2. The topological polar surface area (TPSA) is 83.5 Å². The Balaban J connectivity index is 2.82. The Kier molecular flexibility index (Phi) is 5.56. The highest BCUT2D eigenvalue weighted by atomic mass is 35.5. The van der Waals surface area contributed by atoms with Crippen molar-refractivity contribution in [3.8, 4) is 0 Å². The minimum absolute atomic E-state index is 0.0182. The SMILES string of the molecule is O=C(O)c1cc(NS(=O)(=O)CCCCCl)ccc1F. The molecule has 0 bridgehead atoms. The summed E-state index contributed by atoms with van der Waals surface area (Å²) >= 11 is 5.44. The van der Waals surface area contributed by atoms with Crippen molar-refractivity contribution in [2.45, 2.75) is 12.8 Å². The molecule has 0 saturated heterocycles. The molecule has 0 spiro atoms. The summed E-state index contributed by atoms with van der Waals surface area (Å²) in [4.78, 5) is 10.7. The number of anilines is 1. The van der Waals surface area contributed by atoms with Crippen LogP contribution in [0, 0.1) is 5.82 Å². The summed E-state index contributed by atoms with van der Waals surface area (Å²) in [5.41, 5.74) is -0.564. The number of carboxylic acid groups (broad SMARTS) is 1. The van der Waals surface area contributed by atoms with Crippen LogP contribution in [-0.2, 0) is 10.0 Å². The number of aromatic carboxylic acids is 1. The van der Waals surface area contributed by atoms with Gasteiger partial charge in [0, 0.05) is 11.6 Å². The zero-order valence-electron chi connectivity index (χ0n) is 9.90. The number of alkyl halides is 1. The highest BCUT2D eigenvalue weighted by molar-refractivity contribution is 7.92. The maximum Gasteiger partial charge on any atom is 0.338 e. The molecule has 106 valence electrons. The maximum atomic E-state index is 13.1. The van der Waals surface area contributed by atoms with Gasteiger partial charge in [0.1, 0.15) is 5.82 Å². The number of nitrogens with one attached hydrogen (secondary N) is 1. The van der Waals surface area contributed by atoms with E-state index in [1.165, 1.54) is 6.07 Å². The second kappa shape index (κ2) is 6.72. The summed E-state index contributed by atoms with van der Waals surface area (Å²) in [5, 5.41) is 8.73. The zero-order valence-corrected chi connectivity index (χ0v) is 11.5. The van der Waals surface area contributed by atoms with E-state index in [2.05, 4.69) is 4.72 Å². The molecule has 0 heterocycles. The highest BCUT2D eigenvalue weighted by Crippen LogP contribution is 2.16. The molecule has 5 nitrogen and oxygen atoms in total. The number of benzene rings is 1. The van der Waals surface area contributed by atoms with Gasteiger partial charge < -0.3 is 5.11 Å². The molecule has 0 aromatic heterocycles. The molecule has 0 aliphatic heterocycles. The van der Waals surface area contributed by atoms with Gasteiger partial charge in [-0.2, -0.15) is 0 Å². The van der Waals surface area contributed by atoms with Crippen molar-refractivity contribution in [1.82, 2.24) is 0 Å². The second-order valence-electron chi connectivity index (χ2n) is 3.82. The van der Waals surface area contributed by atoms with Crippen LogP contribution in [0.5, 0.6) is 0 Å². The van der Waals surface area contributed by atoms with Gasteiger partial charge >= 0.3 is 5.97 Å². The van der Waals surface area contributed by atoms with Gasteiger partial charge in [-0.1, -0.05) is 0 Å². The van der Waals surface area contributed by atoms with Crippen molar-refractivity contribution in [3.63, 3.8) is 0 Å². The summed E-state index contributed by atoms with van der Waals surface area (Å²) in [6.07, 6.45) is 0.956. The molecular weight excluding hydrogens is 297 g/mol. The van der Waals surface area contributed by atoms with Crippen LogP contribution in [0.2, 0.25) is 0 Å². The molecule has 0 fully saturated rings. The summed E-state index contributed by atoms with van der Waals surface area (Å²) < 4.78 is 38.6. The van der Waals surface area contributed by atoms with E-state index in [4.69, 9.17) is 16.7 Å². The van der Waals surface area contributed by atoms with E-state index in [-0.39, 0.29) is 11.4 Å². The zero-order chi connectivity index (χ0) is 14.5. The van der Waals surface area contributed by atoms with Crippen molar-refractivity contribution in [1.29, 1.82) is 0 Å². The van der Waals surface area contributed by atoms with Crippen LogP contribution in [-0.4, -0.2) is 31.1 Å². The monoisotopic (exact) mass is 309 g/mol.